The fraction of sp³-hybridized carbons (Fsp3) is 0.409. The van der Waals surface area contributed by atoms with Crippen molar-refractivity contribution in [1.29, 1.82) is 4.78 Å². The number of benzene rings is 1. The van der Waals surface area contributed by atoms with E-state index >= 15 is 0 Å². The lowest BCUT2D eigenvalue weighted by atomic mass is 10.1. The largest absolute Gasteiger partial charge is 0.354 e. The predicted molar refractivity (Wildman–Crippen MR) is 120 cm³/mol. The third-order valence-electron chi connectivity index (χ3n) is 5.70. The Balaban J connectivity index is 1.71. The van der Waals surface area contributed by atoms with E-state index in [4.69, 9.17) is 4.78 Å². The van der Waals surface area contributed by atoms with Crippen molar-refractivity contribution >= 4 is 32.7 Å². The van der Waals surface area contributed by atoms with Crippen molar-refractivity contribution in [2.24, 2.45) is 0 Å². The highest BCUT2D eigenvalue weighted by Crippen LogP contribution is 2.36. The Labute approximate surface area is 185 Å². The summed E-state index contributed by atoms with van der Waals surface area (Å²) in [4.78, 5) is 15.4. The molecule has 10 heteroatoms. The molecule has 4 rings (SSSR count). The van der Waals surface area contributed by atoms with Gasteiger partial charge in [-0.2, -0.15) is 0 Å². The Hall–Kier alpha value is -2.88. The van der Waals surface area contributed by atoms with Crippen molar-refractivity contribution in [1.82, 2.24) is 10.2 Å². The minimum atomic E-state index is -2.94. The van der Waals surface area contributed by atoms with E-state index in [1.807, 2.05) is 6.08 Å². The Kier molecular flexibility index (Phi) is 5.74. The van der Waals surface area contributed by atoms with E-state index in [0.717, 1.165) is 12.0 Å². The van der Waals surface area contributed by atoms with Crippen LogP contribution < -0.4 is 10.2 Å². The summed E-state index contributed by atoms with van der Waals surface area (Å²) in [6, 6.07) is 6.35. The van der Waals surface area contributed by atoms with Crippen LogP contribution in [0.4, 0.5) is 20.3 Å². The number of rotatable bonds is 5. The van der Waals surface area contributed by atoms with Gasteiger partial charge in [-0.1, -0.05) is 12.1 Å². The number of nitrogens with one attached hydrogen (secondary N) is 2. The van der Waals surface area contributed by atoms with Gasteiger partial charge in [-0.25, -0.2) is 17.8 Å². The standard InChI is InChI=1S/C22H25F2N5O2S/c1-14-18(21(30)26-16-5-3-6-17(13-16)32(2,25)31)20(28-27-19(14)15-7-8-15)29-11-4-9-22(23,24)10-12-29/h3,5-7,13,25H,4,8-12H2,1-2H3,(H,26,30). The Morgan fingerprint density at radius 1 is 1.25 bits per heavy atom. The smallest absolute Gasteiger partial charge is 0.259 e. The maximum atomic E-state index is 13.9. The van der Waals surface area contributed by atoms with Crippen LogP contribution in [0, 0.1) is 11.7 Å². The molecule has 1 aromatic heterocycles. The average Bonchev–Trinajstić information content (AvgIpc) is 3.55. The first-order valence-corrected chi connectivity index (χ1v) is 12.4. The van der Waals surface area contributed by atoms with Crippen LogP contribution >= 0.6 is 0 Å². The van der Waals surface area contributed by atoms with Crippen LogP contribution in [0.2, 0.25) is 0 Å². The zero-order chi connectivity index (χ0) is 23.1. The van der Waals surface area contributed by atoms with E-state index < -0.39 is 21.6 Å². The number of carbonyl (C=O) groups excluding carboxylic acids is 1. The molecule has 1 aliphatic heterocycles. The second-order valence-corrected chi connectivity index (χ2v) is 10.5. The number of anilines is 2. The van der Waals surface area contributed by atoms with Gasteiger partial charge < -0.3 is 10.2 Å². The first-order chi connectivity index (χ1) is 15.0. The van der Waals surface area contributed by atoms with Gasteiger partial charge in [0.2, 0.25) is 5.92 Å². The highest BCUT2D eigenvalue weighted by Gasteiger charge is 2.34. The quantitative estimate of drug-likeness (QED) is 0.684. The van der Waals surface area contributed by atoms with Crippen LogP contribution in [-0.4, -0.2) is 45.6 Å². The zero-order valence-corrected chi connectivity index (χ0v) is 18.8. The van der Waals surface area contributed by atoms with Crippen molar-refractivity contribution in [3.63, 3.8) is 0 Å². The van der Waals surface area contributed by atoms with Gasteiger partial charge in [0.25, 0.3) is 5.91 Å². The summed E-state index contributed by atoms with van der Waals surface area (Å²) in [5.74, 6) is -2.89. The maximum absolute atomic E-state index is 13.9. The van der Waals surface area contributed by atoms with E-state index in [-0.39, 0.29) is 25.8 Å². The highest BCUT2D eigenvalue weighted by molar-refractivity contribution is 7.91. The van der Waals surface area contributed by atoms with Crippen LogP contribution in [-0.2, 0) is 9.73 Å². The molecule has 2 heterocycles. The molecule has 7 nitrogen and oxygen atoms in total. The van der Waals surface area contributed by atoms with Gasteiger partial charge in [0, 0.05) is 42.8 Å². The lowest BCUT2D eigenvalue weighted by Crippen LogP contribution is -2.30. The second-order valence-electron chi connectivity index (χ2n) is 8.33. The fourth-order valence-corrected chi connectivity index (χ4v) is 4.53. The van der Waals surface area contributed by atoms with Gasteiger partial charge in [0.05, 0.1) is 21.0 Å². The van der Waals surface area contributed by atoms with Crippen LogP contribution in [0.3, 0.4) is 0 Å². The van der Waals surface area contributed by atoms with Crippen LogP contribution in [0.5, 0.6) is 0 Å². The summed E-state index contributed by atoms with van der Waals surface area (Å²) in [5, 5.41) is 11.4. The summed E-state index contributed by atoms with van der Waals surface area (Å²) in [6.07, 6.45) is 3.87. The number of amides is 1. The van der Waals surface area contributed by atoms with Crippen molar-refractivity contribution in [2.75, 3.05) is 29.6 Å². The lowest BCUT2D eigenvalue weighted by molar-refractivity contribution is -0.0102. The molecule has 1 amide bonds. The first kappa shape index (κ1) is 22.3. The number of nitrogens with zero attached hydrogens (tertiary/aromatic N) is 3. The van der Waals surface area contributed by atoms with Crippen molar-refractivity contribution in [3.05, 3.63) is 47.2 Å². The summed E-state index contributed by atoms with van der Waals surface area (Å²) >= 11 is 0. The van der Waals surface area contributed by atoms with Crippen molar-refractivity contribution in [3.8, 4) is 0 Å². The van der Waals surface area contributed by atoms with E-state index in [0.29, 0.717) is 39.8 Å². The maximum Gasteiger partial charge on any atom is 0.259 e. The van der Waals surface area contributed by atoms with E-state index in [2.05, 4.69) is 15.5 Å². The van der Waals surface area contributed by atoms with E-state index in [1.54, 1.807) is 30.0 Å². The Morgan fingerprint density at radius 2 is 2.00 bits per heavy atom. The molecule has 170 valence electrons. The topological polar surface area (TPSA) is 99.0 Å². The lowest BCUT2D eigenvalue weighted by Gasteiger charge is -2.25. The molecular weight excluding hydrogens is 436 g/mol. The van der Waals surface area contributed by atoms with Crippen molar-refractivity contribution in [2.45, 2.75) is 43.4 Å². The molecule has 0 radical (unpaired) electrons. The molecule has 1 unspecified atom stereocenters. The molecule has 32 heavy (non-hydrogen) atoms. The Bertz CT molecular complexity index is 1210. The molecule has 0 spiro atoms. The van der Waals surface area contributed by atoms with Gasteiger partial charge in [-0.05, 0) is 49.1 Å². The summed E-state index contributed by atoms with van der Waals surface area (Å²) in [7, 11) is -2.94. The zero-order valence-electron chi connectivity index (χ0n) is 18.0. The van der Waals surface area contributed by atoms with Gasteiger partial charge in [-0.15, -0.1) is 10.2 Å². The average molecular weight is 462 g/mol. The summed E-state index contributed by atoms with van der Waals surface area (Å²) in [6.45, 7) is 2.22. The molecule has 1 atom stereocenters. The van der Waals surface area contributed by atoms with Crippen LogP contribution in [0.25, 0.3) is 5.57 Å². The van der Waals surface area contributed by atoms with Crippen LogP contribution in [0.15, 0.2) is 35.2 Å². The van der Waals surface area contributed by atoms with Gasteiger partial charge in [-0.3, -0.25) is 4.79 Å². The molecule has 1 saturated heterocycles. The van der Waals surface area contributed by atoms with Crippen molar-refractivity contribution < 1.29 is 17.8 Å². The summed E-state index contributed by atoms with van der Waals surface area (Å²) in [5.41, 5.74) is 2.96. The number of halogens is 2. The van der Waals surface area contributed by atoms with Gasteiger partial charge in [0.15, 0.2) is 5.82 Å². The molecule has 2 aromatic rings. The van der Waals surface area contributed by atoms with Gasteiger partial charge >= 0.3 is 0 Å². The number of hydrogen-bond acceptors (Lipinski definition) is 6. The third kappa shape index (κ3) is 4.79. The molecule has 0 bridgehead atoms. The monoisotopic (exact) mass is 461 g/mol. The number of hydrogen-bond donors (Lipinski definition) is 2. The number of alkyl halides is 2. The molecule has 2 N–H and O–H groups in total. The molecule has 1 fully saturated rings. The minimum absolute atomic E-state index is 0.0790. The fourth-order valence-electron chi connectivity index (χ4n) is 3.84. The molecule has 1 aliphatic carbocycles. The SMILES string of the molecule is Cc1c(C2=CC2)nnc(N2CCCC(F)(F)CC2)c1C(=O)Nc1cccc(S(C)(=N)=O)c1. The highest BCUT2D eigenvalue weighted by atomic mass is 32.2. The molecule has 0 saturated carbocycles. The first-order valence-electron chi connectivity index (χ1n) is 10.4. The predicted octanol–water partition coefficient (Wildman–Crippen LogP) is 4.49. The van der Waals surface area contributed by atoms with E-state index in [1.165, 1.54) is 12.3 Å². The number of allylic oxidation sites excluding steroid dienone is 2. The number of carbonyl (C=O) groups is 1. The molecular formula is C22H25F2N5O2S. The Morgan fingerprint density at radius 3 is 2.69 bits per heavy atom. The van der Waals surface area contributed by atoms with Gasteiger partial charge in [0.1, 0.15) is 0 Å². The van der Waals surface area contributed by atoms with E-state index in [9.17, 15) is 17.8 Å². The third-order valence-corrected chi connectivity index (χ3v) is 6.85. The molecule has 1 aromatic carbocycles. The molecule has 2 aliphatic rings. The van der Waals surface area contributed by atoms with Crippen LogP contribution in [0.1, 0.15) is 47.3 Å². The summed E-state index contributed by atoms with van der Waals surface area (Å²) < 4.78 is 47.7. The minimum Gasteiger partial charge on any atom is -0.354 e. The number of aromatic nitrogens is 2. The normalized spacial score (nSPS) is 19.5. The second kappa shape index (κ2) is 8.23.